The normalized spacial score (nSPS) is 10.5. The molecular weight excluding hydrogens is 300 g/mol. The first kappa shape index (κ1) is 14.1. The predicted octanol–water partition coefficient (Wildman–Crippen LogP) is 6.12. The molecule has 5 nitrogen and oxygen atoms in total. The van der Waals surface area contributed by atoms with Crippen molar-refractivity contribution in [2.75, 3.05) is 0 Å². The summed E-state index contributed by atoms with van der Waals surface area (Å²) in [4.78, 5) is 7.52. The van der Waals surface area contributed by atoms with Gasteiger partial charge >= 0.3 is 0 Å². The minimum Gasteiger partial charge on any atom is -0.457 e. The van der Waals surface area contributed by atoms with E-state index in [0.29, 0.717) is 17.2 Å². The van der Waals surface area contributed by atoms with Gasteiger partial charge in [-0.25, -0.2) is 4.98 Å². The number of pyridine rings is 1. The van der Waals surface area contributed by atoms with E-state index in [1.54, 1.807) is 6.07 Å². The van der Waals surface area contributed by atoms with Crippen LogP contribution >= 0.6 is 0 Å². The maximum Gasteiger partial charge on any atom is 0.137 e. The molecule has 0 N–H and O–H groups in total. The van der Waals surface area contributed by atoms with E-state index in [0.717, 1.165) is 21.8 Å². The molecule has 0 bridgehead atoms. The third-order valence-electron chi connectivity index (χ3n) is 3.72. The lowest BCUT2D eigenvalue weighted by atomic mass is 10.1. The molecule has 0 saturated heterocycles. The molecule has 0 aliphatic carbocycles. The molecule has 114 valence electrons. The summed E-state index contributed by atoms with van der Waals surface area (Å²) in [6, 6.07) is 22.9. The van der Waals surface area contributed by atoms with Crippen molar-refractivity contribution in [1.82, 2.24) is 4.98 Å². The van der Waals surface area contributed by atoms with E-state index in [9.17, 15) is 0 Å². The highest BCUT2D eigenvalue weighted by Crippen LogP contribution is 2.36. The van der Waals surface area contributed by atoms with Crippen molar-refractivity contribution in [2.45, 2.75) is 0 Å². The highest BCUT2D eigenvalue weighted by atomic mass is 16.5. The van der Waals surface area contributed by atoms with Crippen molar-refractivity contribution in [3.63, 3.8) is 0 Å². The van der Waals surface area contributed by atoms with Crippen molar-refractivity contribution >= 4 is 27.5 Å². The number of para-hydroxylation sites is 2. The van der Waals surface area contributed by atoms with E-state index >= 15 is 0 Å². The number of hydrogen-bond acceptors (Lipinski definition) is 3. The lowest BCUT2D eigenvalue weighted by Gasteiger charge is -2.10. The Labute approximate surface area is 137 Å². The summed E-state index contributed by atoms with van der Waals surface area (Å²) < 4.78 is 5.89. The number of nitrogens with zero attached hydrogens (tertiary/aromatic N) is 4. The molecule has 0 amide bonds. The first-order chi connectivity index (χ1) is 11.8. The predicted molar refractivity (Wildman–Crippen MR) is 94.6 cm³/mol. The van der Waals surface area contributed by atoms with Gasteiger partial charge in [-0.15, -0.1) is 0 Å². The van der Waals surface area contributed by atoms with E-state index < -0.39 is 0 Å². The average molecular weight is 312 g/mol. The van der Waals surface area contributed by atoms with Crippen LogP contribution < -0.4 is 4.74 Å². The third-order valence-corrected chi connectivity index (χ3v) is 3.72. The zero-order valence-electron chi connectivity index (χ0n) is 12.6. The molecule has 0 atom stereocenters. The van der Waals surface area contributed by atoms with E-state index in [-0.39, 0.29) is 0 Å². The second kappa shape index (κ2) is 5.91. The lowest BCUT2D eigenvalue weighted by molar-refractivity contribution is 0.484. The molecule has 1 aromatic heterocycles. The second-order valence-electron chi connectivity index (χ2n) is 5.30. The number of azide groups is 1. The van der Waals surface area contributed by atoms with Gasteiger partial charge in [-0.2, -0.15) is 0 Å². The molecule has 0 aliphatic rings. The van der Waals surface area contributed by atoms with Gasteiger partial charge in [-0.3, -0.25) is 0 Å². The Morgan fingerprint density at radius 2 is 1.62 bits per heavy atom. The number of fused-ring (bicyclic) bond motifs is 2. The summed E-state index contributed by atoms with van der Waals surface area (Å²) in [6.07, 6.45) is 0. The Bertz CT molecular complexity index is 1090. The summed E-state index contributed by atoms with van der Waals surface area (Å²) in [5.41, 5.74) is 10.9. The highest BCUT2D eigenvalue weighted by Gasteiger charge is 2.08. The van der Waals surface area contributed by atoms with Crippen molar-refractivity contribution in [1.29, 1.82) is 0 Å². The summed E-state index contributed by atoms with van der Waals surface area (Å²) in [5, 5.41) is 5.72. The van der Waals surface area contributed by atoms with Gasteiger partial charge in [0.25, 0.3) is 0 Å². The Morgan fingerprint density at radius 1 is 0.833 bits per heavy atom. The fraction of sp³-hybridized carbons (Fsp3) is 0. The van der Waals surface area contributed by atoms with Crippen LogP contribution in [-0.4, -0.2) is 4.98 Å². The van der Waals surface area contributed by atoms with Crippen molar-refractivity contribution in [3.8, 4) is 11.5 Å². The minimum atomic E-state index is 0.414. The highest BCUT2D eigenvalue weighted by molar-refractivity contribution is 5.95. The largest absolute Gasteiger partial charge is 0.457 e. The SMILES string of the molecule is [N-]=[N+]=Nc1cc2nc3ccccc3cc2cc1Oc1ccccc1. The fourth-order valence-corrected chi connectivity index (χ4v) is 2.62. The number of benzene rings is 3. The van der Waals surface area contributed by atoms with Crippen LogP contribution in [0, 0.1) is 0 Å². The molecule has 0 fully saturated rings. The van der Waals surface area contributed by atoms with Gasteiger partial charge in [0.15, 0.2) is 0 Å². The van der Waals surface area contributed by atoms with Gasteiger partial charge in [0.1, 0.15) is 11.5 Å². The third kappa shape index (κ3) is 2.60. The zero-order chi connectivity index (χ0) is 16.4. The van der Waals surface area contributed by atoms with Crippen LogP contribution in [0.25, 0.3) is 32.2 Å². The maximum atomic E-state index is 8.84. The lowest BCUT2D eigenvalue weighted by Crippen LogP contribution is -1.87. The maximum absolute atomic E-state index is 8.84. The van der Waals surface area contributed by atoms with Crippen LogP contribution in [0.4, 0.5) is 5.69 Å². The van der Waals surface area contributed by atoms with E-state index in [4.69, 9.17) is 10.3 Å². The van der Waals surface area contributed by atoms with Gasteiger partial charge in [0.2, 0.25) is 0 Å². The molecular formula is C19H12N4O. The van der Waals surface area contributed by atoms with Crippen molar-refractivity contribution in [3.05, 3.63) is 83.2 Å². The molecule has 4 rings (SSSR count). The zero-order valence-corrected chi connectivity index (χ0v) is 12.6. The Hall–Kier alpha value is -3.56. The smallest absolute Gasteiger partial charge is 0.137 e. The van der Waals surface area contributed by atoms with Crippen LogP contribution in [0.1, 0.15) is 0 Å². The standard InChI is InChI=1S/C19H12N4O/c20-23-22-18-12-17-14(10-13-6-4-5-9-16(13)21-17)11-19(18)24-15-7-2-1-3-8-15/h1-12H. The molecule has 0 aliphatic heterocycles. The van der Waals surface area contributed by atoms with Crippen LogP contribution in [0.15, 0.2) is 77.9 Å². The first-order valence-corrected chi connectivity index (χ1v) is 7.45. The quantitative estimate of drug-likeness (QED) is 0.198. The monoisotopic (exact) mass is 312 g/mol. The van der Waals surface area contributed by atoms with Crippen LogP contribution in [0.3, 0.4) is 0 Å². The second-order valence-corrected chi connectivity index (χ2v) is 5.30. The number of aromatic nitrogens is 1. The number of hydrogen-bond donors (Lipinski definition) is 0. The first-order valence-electron chi connectivity index (χ1n) is 7.45. The molecule has 0 unspecified atom stereocenters. The number of rotatable bonds is 3. The molecule has 4 aromatic rings. The van der Waals surface area contributed by atoms with Crippen LogP contribution in [-0.2, 0) is 0 Å². The summed E-state index contributed by atoms with van der Waals surface area (Å²) in [5.74, 6) is 1.18. The van der Waals surface area contributed by atoms with Gasteiger partial charge in [-0.05, 0) is 41.9 Å². The van der Waals surface area contributed by atoms with E-state index in [2.05, 4.69) is 21.1 Å². The van der Waals surface area contributed by atoms with Crippen LogP contribution in [0.2, 0.25) is 0 Å². The summed E-state index contributed by atoms with van der Waals surface area (Å²) in [7, 11) is 0. The van der Waals surface area contributed by atoms with Gasteiger partial charge < -0.3 is 4.74 Å². The molecule has 24 heavy (non-hydrogen) atoms. The van der Waals surface area contributed by atoms with Crippen molar-refractivity contribution in [2.24, 2.45) is 5.11 Å². The Balaban J connectivity index is 1.92. The molecule has 0 saturated carbocycles. The van der Waals surface area contributed by atoms with Crippen molar-refractivity contribution < 1.29 is 4.74 Å². The fourth-order valence-electron chi connectivity index (χ4n) is 2.62. The molecule has 1 heterocycles. The average Bonchev–Trinajstić information content (AvgIpc) is 2.62. The van der Waals surface area contributed by atoms with E-state index in [1.165, 1.54) is 0 Å². The topological polar surface area (TPSA) is 70.9 Å². The van der Waals surface area contributed by atoms with E-state index in [1.807, 2.05) is 60.7 Å². The summed E-state index contributed by atoms with van der Waals surface area (Å²) >= 11 is 0. The number of ether oxygens (including phenoxy) is 1. The molecule has 5 heteroatoms. The summed E-state index contributed by atoms with van der Waals surface area (Å²) in [6.45, 7) is 0. The molecule has 0 spiro atoms. The Morgan fingerprint density at radius 3 is 2.46 bits per heavy atom. The van der Waals surface area contributed by atoms with Gasteiger partial charge in [-0.1, -0.05) is 41.5 Å². The Kier molecular flexibility index (Phi) is 3.46. The molecule has 3 aromatic carbocycles. The van der Waals surface area contributed by atoms with Gasteiger partial charge in [0, 0.05) is 15.7 Å². The molecule has 0 radical (unpaired) electrons. The van der Waals surface area contributed by atoms with Gasteiger partial charge in [0.05, 0.1) is 16.7 Å². The van der Waals surface area contributed by atoms with Crippen LogP contribution in [0.5, 0.6) is 11.5 Å². The minimum absolute atomic E-state index is 0.414.